The van der Waals surface area contributed by atoms with Crippen LogP contribution in [0.3, 0.4) is 0 Å². The summed E-state index contributed by atoms with van der Waals surface area (Å²) >= 11 is 0. The molecule has 0 saturated heterocycles. The van der Waals surface area contributed by atoms with Crippen molar-refractivity contribution in [3.63, 3.8) is 0 Å². The Labute approximate surface area is 123 Å². The summed E-state index contributed by atoms with van der Waals surface area (Å²) in [6.45, 7) is 6.81. The number of ether oxygens (including phenoxy) is 1. The van der Waals surface area contributed by atoms with Crippen molar-refractivity contribution in [2.45, 2.75) is 71.5 Å². The molecule has 1 rings (SSSR count). The van der Waals surface area contributed by atoms with Gasteiger partial charge >= 0.3 is 0 Å². The van der Waals surface area contributed by atoms with Crippen molar-refractivity contribution in [3.05, 3.63) is 0 Å². The fourth-order valence-corrected chi connectivity index (χ4v) is 2.99. The van der Waals surface area contributed by atoms with Crippen LogP contribution in [0.4, 0.5) is 0 Å². The predicted molar refractivity (Wildman–Crippen MR) is 80.5 cm³/mol. The smallest absolute Gasteiger partial charge is 0.246 e. The van der Waals surface area contributed by atoms with Crippen LogP contribution in [-0.4, -0.2) is 36.4 Å². The van der Waals surface area contributed by atoms with Gasteiger partial charge in [0.05, 0.1) is 12.2 Å². The summed E-state index contributed by atoms with van der Waals surface area (Å²) in [5.74, 6) is 0.845. The molecule has 2 N–H and O–H groups in total. The molecule has 1 aliphatic rings. The number of amides is 1. The van der Waals surface area contributed by atoms with E-state index in [2.05, 4.69) is 26.1 Å². The topological polar surface area (TPSA) is 58.6 Å². The zero-order chi connectivity index (χ0) is 15.0. The molecule has 1 amide bonds. The average molecular weight is 285 g/mol. The molecule has 3 atom stereocenters. The molecule has 20 heavy (non-hydrogen) atoms. The van der Waals surface area contributed by atoms with E-state index in [1.165, 1.54) is 12.8 Å². The summed E-state index contributed by atoms with van der Waals surface area (Å²) in [5.41, 5.74) is 0. The molecule has 0 aliphatic heterocycles. The second-order valence-electron chi connectivity index (χ2n) is 6.15. The number of rotatable bonds is 8. The molecule has 118 valence electrons. The molecule has 1 fully saturated rings. The lowest BCUT2D eigenvalue weighted by Crippen LogP contribution is -2.38. The van der Waals surface area contributed by atoms with E-state index >= 15 is 0 Å². The fraction of sp³-hybridized carbons (Fsp3) is 0.938. The quantitative estimate of drug-likeness (QED) is 0.720. The maximum Gasteiger partial charge on any atom is 0.246 e. The number of hydrogen-bond acceptors (Lipinski definition) is 3. The third-order valence-corrected chi connectivity index (χ3v) is 4.44. The Morgan fingerprint density at radius 1 is 1.35 bits per heavy atom. The largest absolute Gasteiger partial charge is 0.391 e. The maximum absolute atomic E-state index is 11.7. The fourth-order valence-electron chi connectivity index (χ4n) is 2.99. The first kappa shape index (κ1) is 17.4. The van der Waals surface area contributed by atoms with Gasteiger partial charge in [-0.25, -0.2) is 0 Å². The highest BCUT2D eigenvalue weighted by molar-refractivity contribution is 5.77. The highest BCUT2D eigenvalue weighted by atomic mass is 16.5. The van der Waals surface area contributed by atoms with Crippen molar-refractivity contribution < 1.29 is 14.6 Å². The minimum atomic E-state index is -0.455. The summed E-state index contributed by atoms with van der Waals surface area (Å²) < 4.78 is 5.67. The van der Waals surface area contributed by atoms with Gasteiger partial charge in [0.15, 0.2) is 0 Å². The number of carbonyl (C=O) groups excluding carboxylic acids is 1. The van der Waals surface area contributed by atoms with Gasteiger partial charge in [0, 0.05) is 6.54 Å². The number of aliphatic hydroxyl groups excluding tert-OH is 1. The molecule has 0 radical (unpaired) electrons. The normalized spacial score (nSPS) is 24.6. The molecular formula is C16H31NO3. The molecule has 4 nitrogen and oxygen atoms in total. The van der Waals surface area contributed by atoms with Gasteiger partial charge in [0.2, 0.25) is 5.91 Å². The van der Waals surface area contributed by atoms with Gasteiger partial charge in [-0.2, -0.15) is 0 Å². The van der Waals surface area contributed by atoms with Gasteiger partial charge in [-0.3, -0.25) is 4.79 Å². The number of carbonyl (C=O) groups is 1. The van der Waals surface area contributed by atoms with Crippen molar-refractivity contribution in [2.24, 2.45) is 11.8 Å². The highest BCUT2D eigenvalue weighted by Crippen LogP contribution is 2.25. The van der Waals surface area contributed by atoms with Crippen molar-refractivity contribution in [3.8, 4) is 0 Å². The van der Waals surface area contributed by atoms with Crippen molar-refractivity contribution in [1.82, 2.24) is 5.32 Å². The van der Waals surface area contributed by atoms with E-state index in [1.807, 2.05) is 0 Å². The lowest BCUT2D eigenvalue weighted by molar-refractivity contribution is -0.129. The second-order valence-corrected chi connectivity index (χ2v) is 6.15. The third-order valence-electron chi connectivity index (χ3n) is 4.44. The maximum atomic E-state index is 11.7. The molecule has 4 heteroatoms. The summed E-state index contributed by atoms with van der Waals surface area (Å²) in [4.78, 5) is 11.7. The van der Waals surface area contributed by atoms with Crippen LogP contribution >= 0.6 is 0 Å². The number of aliphatic hydroxyl groups is 1. The molecule has 0 bridgehead atoms. The molecule has 0 aromatic rings. The zero-order valence-corrected chi connectivity index (χ0v) is 13.2. The average Bonchev–Trinajstić information content (AvgIpc) is 2.44. The number of nitrogens with one attached hydrogen (secondary N) is 1. The van der Waals surface area contributed by atoms with Gasteiger partial charge in [-0.1, -0.05) is 46.5 Å². The van der Waals surface area contributed by atoms with Crippen LogP contribution in [-0.2, 0) is 9.53 Å². The highest BCUT2D eigenvalue weighted by Gasteiger charge is 2.20. The van der Waals surface area contributed by atoms with E-state index in [-0.39, 0.29) is 24.5 Å². The first-order valence-electron chi connectivity index (χ1n) is 8.13. The van der Waals surface area contributed by atoms with Gasteiger partial charge in [-0.05, 0) is 24.7 Å². The van der Waals surface area contributed by atoms with Crippen molar-refractivity contribution in [1.29, 1.82) is 0 Å². The SMILES string of the molecule is CCC(CC)C(O)CNC(=O)COC1CCCC(C)C1. The monoisotopic (exact) mass is 285 g/mol. The second kappa shape index (κ2) is 9.35. The van der Waals surface area contributed by atoms with E-state index in [4.69, 9.17) is 4.74 Å². The molecule has 0 heterocycles. The molecule has 3 unspecified atom stereocenters. The van der Waals surface area contributed by atoms with E-state index in [9.17, 15) is 9.90 Å². The van der Waals surface area contributed by atoms with Crippen LogP contribution in [0.1, 0.15) is 59.3 Å². The zero-order valence-electron chi connectivity index (χ0n) is 13.2. The van der Waals surface area contributed by atoms with Crippen LogP contribution in [0.15, 0.2) is 0 Å². The predicted octanol–water partition coefficient (Wildman–Crippen LogP) is 2.50. The molecule has 0 aromatic heterocycles. The summed E-state index contributed by atoms with van der Waals surface area (Å²) in [5, 5.41) is 12.7. The van der Waals surface area contributed by atoms with Gasteiger partial charge in [-0.15, -0.1) is 0 Å². The standard InChI is InChI=1S/C16H31NO3/c1-4-13(5-2)15(18)10-17-16(19)11-20-14-8-6-7-12(3)9-14/h12-15,18H,4-11H2,1-3H3,(H,17,19). The van der Waals surface area contributed by atoms with Crippen LogP contribution in [0.2, 0.25) is 0 Å². The minimum Gasteiger partial charge on any atom is -0.391 e. The van der Waals surface area contributed by atoms with Gasteiger partial charge in [0.1, 0.15) is 6.61 Å². The first-order chi connectivity index (χ1) is 9.56. The molecule has 0 spiro atoms. The number of hydrogen-bond donors (Lipinski definition) is 2. The van der Waals surface area contributed by atoms with E-state index in [1.54, 1.807) is 0 Å². The van der Waals surface area contributed by atoms with Gasteiger partial charge in [0.25, 0.3) is 0 Å². The molecule has 0 aromatic carbocycles. The molecular weight excluding hydrogens is 254 g/mol. The Balaban J connectivity index is 2.16. The van der Waals surface area contributed by atoms with E-state index in [0.717, 1.165) is 25.7 Å². The Bertz CT molecular complexity index is 271. The molecule has 1 saturated carbocycles. The lowest BCUT2D eigenvalue weighted by Gasteiger charge is -2.26. The Morgan fingerprint density at radius 2 is 2.05 bits per heavy atom. The summed E-state index contributed by atoms with van der Waals surface area (Å²) in [6, 6.07) is 0. The van der Waals surface area contributed by atoms with E-state index < -0.39 is 6.10 Å². The van der Waals surface area contributed by atoms with Crippen LogP contribution < -0.4 is 5.32 Å². The summed E-state index contributed by atoms with van der Waals surface area (Å²) in [6.07, 6.45) is 6.23. The van der Waals surface area contributed by atoms with Crippen LogP contribution in [0.25, 0.3) is 0 Å². The van der Waals surface area contributed by atoms with E-state index in [0.29, 0.717) is 12.5 Å². The Kier molecular flexibility index (Phi) is 8.15. The Hall–Kier alpha value is -0.610. The van der Waals surface area contributed by atoms with Crippen LogP contribution in [0, 0.1) is 11.8 Å². The van der Waals surface area contributed by atoms with Gasteiger partial charge < -0.3 is 15.2 Å². The van der Waals surface area contributed by atoms with Crippen LogP contribution in [0.5, 0.6) is 0 Å². The lowest BCUT2D eigenvalue weighted by atomic mass is 9.89. The molecule has 1 aliphatic carbocycles. The third kappa shape index (κ3) is 6.23. The minimum absolute atomic E-state index is 0.117. The first-order valence-corrected chi connectivity index (χ1v) is 8.13. The summed E-state index contributed by atoms with van der Waals surface area (Å²) in [7, 11) is 0. The van der Waals surface area contributed by atoms with Crippen molar-refractivity contribution >= 4 is 5.91 Å². The van der Waals surface area contributed by atoms with Crippen molar-refractivity contribution in [2.75, 3.05) is 13.2 Å². The Morgan fingerprint density at radius 3 is 2.65 bits per heavy atom.